The first-order valence-electron chi connectivity index (χ1n) is 4.75. The van der Waals surface area contributed by atoms with Gasteiger partial charge in [-0.05, 0) is 30.3 Å². The van der Waals surface area contributed by atoms with Gasteiger partial charge in [-0.3, -0.25) is 10.1 Å². The zero-order valence-corrected chi connectivity index (χ0v) is 8.63. The molecule has 5 nitrogen and oxygen atoms in total. The average Bonchev–Trinajstić information content (AvgIpc) is 2.29. The Morgan fingerprint density at radius 2 is 1.82 bits per heavy atom. The number of hydrogen-bond donors (Lipinski definition) is 1. The molecule has 0 bridgehead atoms. The van der Waals surface area contributed by atoms with Crippen molar-refractivity contribution in [2.75, 3.05) is 5.73 Å². The van der Waals surface area contributed by atoms with Gasteiger partial charge in [0.1, 0.15) is 5.82 Å². The third-order valence-electron chi connectivity index (χ3n) is 2.24. The van der Waals surface area contributed by atoms with Crippen molar-refractivity contribution in [1.29, 1.82) is 0 Å². The van der Waals surface area contributed by atoms with Crippen molar-refractivity contribution >= 4 is 11.5 Å². The summed E-state index contributed by atoms with van der Waals surface area (Å²) in [5, 5.41) is 10.6. The second-order valence-electron chi connectivity index (χ2n) is 3.36. The van der Waals surface area contributed by atoms with E-state index in [1.807, 2.05) is 0 Å². The van der Waals surface area contributed by atoms with Crippen LogP contribution in [-0.2, 0) is 0 Å². The SMILES string of the molecule is Nc1nc(-c2ccc(F)cc2)ccc1[N+](=O)[O-]. The maximum Gasteiger partial charge on any atom is 0.311 e. The summed E-state index contributed by atoms with van der Waals surface area (Å²) < 4.78 is 12.7. The number of nitro groups is 1. The number of hydrogen-bond acceptors (Lipinski definition) is 4. The molecule has 0 spiro atoms. The highest BCUT2D eigenvalue weighted by molar-refractivity contribution is 5.65. The minimum Gasteiger partial charge on any atom is -0.378 e. The predicted molar refractivity (Wildman–Crippen MR) is 60.7 cm³/mol. The molecule has 0 aliphatic carbocycles. The zero-order valence-electron chi connectivity index (χ0n) is 8.63. The summed E-state index contributed by atoms with van der Waals surface area (Å²) in [5.41, 5.74) is 6.33. The number of pyridine rings is 1. The van der Waals surface area contributed by atoms with Gasteiger partial charge in [0, 0.05) is 11.6 Å². The Labute approximate surface area is 95.9 Å². The van der Waals surface area contributed by atoms with Crippen molar-refractivity contribution in [2.45, 2.75) is 0 Å². The molecule has 17 heavy (non-hydrogen) atoms. The molecule has 0 unspecified atom stereocenters. The number of nitrogens with two attached hydrogens (primary N) is 1. The van der Waals surface area contributed by atoms with Crippen LogP contribution in [0.15, 0.2) is 36.4 Å². The summed E-state index contributed by atoms with van der Waals surface area (Å²) in [4.78, 5) is 13.9. The van der Waals surface area contributed by atoms with E-state index in [1.165, 1.54) is 36.4 Å². The summed E-state index contributed by atoms with van der Waals surface area (Å²) in [5.74, 6) is -0.513. The van der Waals surface area contributed by atoms with Crippen molar-refractivity contribution in [3.05, 3.63) is 52.3 Å². The Kier molecular flexibility index (Phi) is 2.70. The Balaban J connectivity index is 2.44. The first-order valence-corrected chi connectivity index (χ1v) is 4.75. The fourth-order valence-corrected chi connectivity index (χ4v) is 1.40. The molecule has 1 aromatic carbocycles. The van der Waals surface area contributed by atoms with Crippen LogP contribution in [0.5, 0.6) is 0 Å². The Hall–Kier alpha value is -2.50. The van der Waals surface area contributed by atoms with E-state index in [-0.39, 0.29) is 17.3 Å². The van der Waals surface area contributed by atoms with Gasteiger partial charge in [-0.1, -0.05) is 0 Å². The molecule has 0 aliphatic rings. The lowest BCUT2D eigenvalue weighted by Gasteiger charge is -2.02. The Morgan fingerprint density at radius 3 is 2.35 bits per heavy atom. The van der Waals surface area contributed by atoms with E-state index >= 15 is 0 Å². The second-order valence-corrected chi connectivity index (χ2v) is 3.36. The van der Waals surface area contributed by atoms with Crippen LogP contribution in [0.3, 0.4) is 0 Å². The monoisotopic (exact) mass is 233 g/mol. The van der Waals surface area contributed by atoms with Crippen molar-refractivity contribution in [1.82, 2.24) is 4.98 Å². The number of aromatic nitrogens is 1. The first kappa shape index (κ1) is 11.0. The number of halogens is 1. The van der Waals surface area contributed by atoms with E-state index in [0.29, 0.717) is 11.3 Å². The number of benzene rings is 1. The third kappa shape index (κ3) is 2.20. The Bertz CT molecular complexity index is 569. The molecule has 2 rings (SSSR count). The quantitative estimate of drug-likeness (QED) is 0.637. The number of nitrogens with zero attached hydrogens (tertiary/aromatic N) is 2. The lowest BCUT2D eigenvalue weighted by Crippen LogP contribution is -1.99. The van der Waals surface area contributed by atoms with Gasteiger partial charge in [-0.25, -0.2) is 9.37 Å². The minimum atomic E-state index is -0.600. The molecule has 0 saturated heterocycles. The fraction of sp³-hybridized carbons (Fsp3) is 0. The number of rotatable bonds is 2. The van der Waals surface area contributed by atoms with E-state index < -0.39 is 4.92 Å². The topological polar surface area (TPSA) is 82.0 Å². The molecule has 0 radical (unpaired) electrons. The number of nitrogen functional groups attached to an aromatic ring is 1. The molecule has 2 aromatic rings. The third-order valence-corrected chi connectivity index (χ3v) is 2.24. The highest BCUT2D eigenvalue weighted by Gasteiger charge is 2.13. The number of anilines is 1. The molecular formula is C11H8FN3O2. The lowest BCUT2D eigenvalue weighted by molar-refractivity contribution is -0.384. The van der Waals surface area contributed by atoms with Crippen LogP contribution in [0.1, 0.15) is 0 Å². The van der Waals surface area contributed by atoms with Crippen LogP contribution in [0.2, 0.25) is 0 Å². The summed E-state index contributed by atoms with van der Waals surface area (Å²) in [6, 6.07) is 8.39. The van der Waals surface area contributed by atoms with Crippen LogP contribution in [0.25, 0.3) is 11.3 Å². The van der Waals surface area contributed by atoms with E-state index in [4.69, 9.17) is 5.73 Å². The van der Waals surface area contributed by atoms with E-state index in [1.54, 1.807) is 0 Å². The smallest absolute Gasteiger partial charge is 0.311 e. The summed E-state index contributed by atoms with van der Waals surface area (Å²) in [6.45, 7) is 0. The van der Waals surface area contributed by atoms with Gasteiger partial charge < -0.3 is 5.73 Å². The van der Waals surface area contributed by atoms with Crippen molar-refractivity contribution in [3.63, 3.8) is 0 Å². The molecule has 86 valence electrons. The predicted octanol–water partition coefficient (Wildman–Crippen LogP) is 2.38. The minimum absolute atomic E-state index is 0.156. The van der Waals surface area contributed by atoms with Crippen molar-refractivity contribution in [3.8, 4) is 11.3 Å². The first-order chi connectivity index (χ1) is 8.08. The maximum atomic E-state index is 12.7. The molecule has 1 aromatic heterocycles. The Morgan fingerprint density at radius 1 is 1.18 bits per heavy atom. The summed E-state index contributed by atoms with van der Waals surface area (Å²) >= 11 is 0. The average molecular weight is 233 g/mol. The van der Waals surface area contributed by atoms with Crippen molar-refractivity contribution in [2.24, 2.45) is 0 Å². The van der Waals surface area contributed by atoms with Gasteiger partial charge in [0.05, 0.1) is 10.6 Å². The molecule has 0 amide bonds. The van der Waals surface area contributed by atoms with E-state index in [9.17, 15) is 14.5 Å². The zero-order chi connectivity index (χ0) is 12.4. The van der Waals surface area contributed by atoms with Gasteiger partial charge in [0.25, 0.3) is 0 Å². The highest BCUT2D eigenvalue weighted by atomic mass is 19.1. The van der Waals surface area contributed by atoms with Gasteiger partial charge in [-0.2, -0.15) is 0 Å². The molecule has 2 N–H and O–H groups in total. The van der Waals surface area contributed by atoms with Crippen LogP contribution >= 0.6 is 0 Å². The molecule has 1 heterocycles. The van der Waals surface area contributed by atoms with Crippen LogP contribution in [-0.4, -0.2) is 9.91 Å². The van der Waals surface area contributed by atoms with Crippen LogP contribution in [0, 0.1) is 15.9 Å². The molecule has 0 fully saturated rings. The fourth-order valence-electron chi connectivity index (χ4n) is 1.40. The molecule has 0 saturated carbocycles. The second kappa shape index (κ2) is 4.17. The summed E-state index contributed by atoms with van der Waals surface area (Å²) in [6.07, 6.45) is 0. The standard InChI is InChI=1S/C11H8FN3O2/c12-8-3-1-7(2-4-8)9-5-6-10(15(16)17)11(13)14-9/h1-6H,(H2,13,14). The van der Waals surface area contributed by atoms with Crippen LogP contribution in [0.4, 0.5) is 15.9 Å². The van der Waals surface area contributed by atoms with E-state index in [0.717, 1.165) is 0 Å². The van der Waals surface area contributed by atoms with Gasteiger partial charge >= 0.3 is 5.69 Å². The largest absolute Gasteiger partial charge is 0.378 e. The molecule has 0 aliphatic heterocycles. The van der Waals surface area contributed by atoms with Gasteiger partial charge in [0.2, 0.25) is 5.82 Å². The lowest BCUT2D eigenvalue weighted by atomic mass is 10.1. The molecule has 0 atom stereocenters. The van der Waals surface area contributed by atoms with Gasteiger partial charge in [0.15, 0.2) is 0 Å². The molecular weight excluding hydrogens is 225 g/mol. The molecule has 6 heteroatoms. The van der Waals surface area contributed by atoms with Gasteiger partial charge in [-0.15, -0.1) is 0 Å². The highest BCUT2D eigenvalue weighted by Crippen LogP contribution is 2.24. The van der Waals surface area contributed by atoms with E-state index in [2.05, 4.69) is 4.98 Å². The summed E-state index contributed by atoms with van der Waals surface area (Å²) in [7, 11) is 0. The maximum absolute atomic E-state index is 12.7. The van der Waals surface area contributed by atoms with Crippen LogP contribution < -0.4 is 5.73 Å². The normalized spacial score (nSPS) is 10.2. The van der Waals surface area contributed by atoms with Crippen molar-refractivity contribution < 1.29 is 9.31 Å².